The van der Waals surface area contributed by atoms with Gasteiger partial charge < -0.3 is 15.0 Å². The van der Waals surface area contributed by atoms with Gasteiger partial charge in [0.05, 0.1) is 23.5 Å². The molecule has 0 saturated heterocycles. The van der Waals surface area contributed by atoms with Gasteiger partial charge in [0.25, 0.3) is 0 Å². The fourth-order valence-corrected chi connectivity index (χ4v) is 4.36. The summed E-state index contributed by atoms with van der Waals surface area (Å²) in [7, 11) is 0. The quantitative estimate of drug-likeness (QED) is 0.671. The van der Waals surface area contributed by atoms with E-state index in [1.807, 2.05) is 34.6 Å². The molecule has 1 saturated carbocycles. The fraction of sp³-hybridized carbons (Fsp3) is 0.640. The van der Waals surface area contributed by atoms with Crippen molar-refractivity contribution in [3.8, 4) is 0 Å². The van der Waals surface area contributed by atoms with Crippen LogP contribution in [0.4, 0.5) is 11.4 Å². The Bertz CT molecular complexity index is 855. The van der Waals surface area contributed by atoms with Gasteiger partial charge in [-0.1, -0.05) is 26.2 Å². The molecule has 0 aromatic heterocycles. The SMILES string of the molecule is CCC(C)N1C(=O)CN(C(=O)CNC2CCCCC2)c2cc(C(=O)OC(C)(C)C)ccc21. The van der Waals surface area contributed by atoms with Crippen molar-refractivity contribution in [2.45, 2.75) is 90.8 Å². The number of hydrogen-bond acceptors (Lipinski definition) is 5. The largest absolute Gasteiger partial charge is 0.456 e. The van der Waals surface area contributed by atoms with E-state index in [0.29, 0.717) is 23.0 Å². The first-order chi connectivity index (χ1) is 15.1. The summed E-state index contributed by atoms with van der Waals surface area (Å²) >= 11 is 0. The van der Waals surface area contributed by atoms with E-state index in [1.54, 1.807) is 23.1 Å². The summed E-state index contributed by atoms with van der Waals surface area (Å²) in [6.45, 7) is 9.62. The van der Waals surface area contributed by atoms with E-state index in [-0.39, 0.29) is 30.9 Å². The fourth-order valence-electron chi connectivity index (χ4n) is 4.36. The van der Waals surface area contributed by atoms with Crippen LogP contribution in [0.25, 0.3) is 0 Å². The van der Waals surface area contributed by atoms with Gasteiger partial charge in [-0.05, 0) is 65.2 Å². The summed E-state index contributed by atoms with van der Waals surface area (Å²) in [5.74, 6) is -0.710. The van der Waals surface area contributed by atoms with Gasteiger partial charge in [-0.2, -0.15) is 0 Å². The zero-order chi connectivity index (χ0) is 23.5. The summed E-state index contributed by atoms with van der Waals surface area (Å²) in [5.41, 5.74) is 0.998. The first-order valence-electron chi connectivity index (χ1n) is 11.8. The summed E-state index contributed by atoms with van der Waals surface area (Å²) < 4.78 is 5.52. The van der Waals surface area contributed by atoms with Crippen LogP contribution >= 0.6 is 0 Å². The Morgan fingerprint density at radius 2 is 1.84 bits per heavy atom. The van der Waals surface area contributed by atoms with Crippen LogP contribution < -0.4 is 15.1 Å². The molecule has 1 atom stereocenters. The van der Waals surface area contributed by atoms with Gasteiger partial charge in [0.15, 0.2) is 0 Å². The van der Waals surface area contributed by atoms with Crippen LogP contribution in [0.5, 0.6) is 0 Å². The average Bonchev–Trinajstić information content (AvgIpc) is 2.75. The van der Waals surface area contributed by atoms with E-state index in [9.17, 15) is 14.4 Å². The van der Waals surface area contributed by atoms with E-state index < -0.39 is 11.6 Å². The highest BCUT2D eigenvalue weighted by Crippen LogP contribution is 2.37. The molecule has 0 radical (unpaired) electrons. The van der Waals surface area contributed by atoms with Gasteiger partial charge in [-0.25, -0.2) is 4.79 Å². The lowest BCUT2D eigenvalue weighted by molar-refractivity contribution is -0.122. The van der Waals surface area contributed by atoms with E-state index in [0.717, 1.165) is 19.3 Å². The summed E-state index contributed by atoms with van der Waals surface area (Å²) in [6.07, 6.45) is 6.55. The predicted octanol–water partition coefficient (Wildman–Crippen LogP) is 4.04. The van der Waals surface area contributed by atoms with Gasteiger partial charge >= 0.3 is 5.97 Å². The number of esters is 1. The minimum absolute atomic E-state index is 0.00811. The number of carbonyl (C=O) groups excluding carboxylic acids is 3. The predicted molar refractivity (Wildman–Crippen MR) is 126 cm³/mol. The first-order valence-corrected chi connectivity index (χ1v) is 11.8. The van der Waals surface area contributed by atoms with Crippen molar-refractivity contribution in [3.63, 3.8) is 0 Å². The Morgan fingerprint density at radius 3 is 2.47 bits per heavy atom. The topological polar surface area (TPSA) is 79.0 Å². The number of carbonyl (C=O) groups is 3. The van der Waals surface area contributed by atoms with E-state index in [4.69, 9.17) is 4.74 Å². The van der Waals surface area contributed by atoms with Crippen LogP contribution in [0, 0.1) is 0 Å². The number of nitrogens with zero attached hydrogens (tertiary/aromatic N) is 2. The number of hydrogen-bond donors (Lipinski definition) is 1. The minimum atomic E-state index is -0.620. The molecular formula is C25H37N3O4. The van der Waals surface area contributed by atoms with Crippen molar-refractivity contribution in [2.24, 2.45) is 0 Å². The van der Waals surface area contributed by atoms with Gasteiger partial charge in [0.2, 0.25) is 11.8 Å². The third kappa shape index (κ3) is 5.68. The van der Waals surface area contributed by atoms with Gasteiger partial charge in [-0.15, -0.1) is 0 Å². The molecule has 7 heteroatoms. The van der Waals surface area contributed by atoms with Crippen molar-refractivity contribution in [1.82, 2.24) is 5.32 Å². The first kappa shape index (κ1) is 24.2. The monoisotopic (exact) mass is 443 g/mol. The Morgan fingerprint density at radius 1 is 1.16 bits per heavy atom. The third-order valence-electron chi connectivity index (χ3n) is 6.20. The molecule has 1 N–H and O–H groups in total. The standard InChI is InChI=1S/C25H37N3O4/c1-6-17(2)28-20-13-12-18(24(31)32-25(3,4)5)14-21(20)27(16-23(28)30)22(29)15-26-19-10-8-7-9-11-19/h12-14,17,19,26H,6-11,15-16H2,1-5H3. The Labute approximate surface area is 191 Å². The van der Waals surface area contributed by atoms with Crippen molar-refractivity contribution in [2.75, 3.05) is 22.9 Å². The Balaban J connectivity index is 1.89. The van der Waals surface area contributed by atoms with Crippen LogP contribution in [0.3, 0.4) is 0 Å². The maximum absolute atomic E-state index is 13.2. The molecule has 32 heavy (non-hydrogen) atoms. The maximum Gasteiger partial charge on any atom is 0.338 e. The van der Waals surface area contributed by atoms with Gasteiger partial charge in [-0.3, -0.25) is 14.5 Å². The molecule has 0 bridgehead atoms. The molecule has 176 valence electrons. The molecule has 7 nitrogen and oxygen atoms in total. The molecule has 1 aromatic carbocycles. The minimum Gasteiger partial charge on any atom is -0.456 e. The molecule has 2 aliphatic rings. The molecule has 2 amide bonds. The molecule has 1 aromatic rings. The molecule has 1 aliphatic carbocycles. The highest BCUT2D eigenvalue weighted by Gasteiger charge is 2.35. The maximum atomic E-state index is 13.2. The van der Waals surface area contributed by atoms with E-state index in [2.05, 4.69) is 5.32 Å². The molecule has 0 spiro atoms. The Kier molecular flexibility index (Phi) is 7.59. The van der Waals surface area contributed by atoms with E-state index in [1.165, 1.54) is 24.2 Å². The lowest BCUT2D eigenvalue weighted by atomic mass is 9.95. The van der Waals surface area contributed by atoms with Gasteiger partial charge in [0, 0.05) is 12.1 Å². The Hall–Kier alpha value is -2.41. The van der Waals surface area contributed by atoms with Crippen molar-refractivity contribution in [3.05, 3.63) is 23.8 Å². The molecule has 3 rings (SSSR count). The zero-order valence-electron chi connectivity index (χ0n) is 20.1. The number of nitrogens with one attached hydrogen (secondary N) is 1. The molecule has 1 aliphatic heterocycles. The number of benzene rings is 1. The highest BCUT2D eigenvalue weighted by molar-refractivity contribution is 6.12. The van der Waals surface area contributed by atoms with Crippen LogP contribution in [0.15, 0.2) is 18.2 Å². The van der Waals surface area contributed by atoms with Crippen molar-refractivity contribution in [1.29, 1.82) is 0 Å². The second-order valence-electron chi connectivity index (χ2n) is 9.92. The number of rotatable bonds is 6. The number of fused-ring (bicyclic) bond motifs is 1. The van der Waals surface area contributed by atoms with Gasteiger partial charge in [0.1, 0.15) is 12.1 Å². The van der Waals surface area contributed by atoms with E-state index >= 15 is 0 Å². The lowest BCUT2D eigenvalue weighted by Gasteiger charge is -2.39. The summed E-state index contributed by atoms with van der Waals surface area (Å²) in [6, 6.07) is 5.45. The smallest absolute Gasteiger partial charge is 0.338 e. The number of amides is 2. The van der Waals surface area contributed by atoms with Crippen LogP contribution in [-0.2, 0) is 14.3 Å². The normalized spacial score (nSPS) is 18.3. The zero-order valence-corrected chi connectivity index (χ0v) is 20.1. The second kappa shape index (κ2) is 10.0. The lowest BCUT2D eigenvalue weighted by Crippen LogP contribution is -2.53. The summed E-state index contributed by atoms with van der Waals surface area (Å²) in [4.78, 5) is 42.1. The third-order valence-corrected chi connectivity index (χ3v) is 6.20. The molecular weight excluding hydrogens is 406 g/mol. The summed E-state index contributed by atoms with van der Waals surface area (Å²) in [5, 5.41) is 3.37. The molecule has 1 heterocycles. The highest BCUT2D eigenvalue weighted by atomic mass is 16.6. The van der Waals surface area contributed by atoms with Crippen LogP contribution in [0.1, 0.15) is 83.5 Å². The van der Waals surface area contributed by atoms with Crippen molar-refractivity contribution < 1.29 is 19.1 Å². The average molecular weight is 444 g/mol. The van der Waals surface area contributed by atoms with Crippen LogP contribution in [0.2, 0.25) is 0 Å². The number of anilines is 2. The number of ether oxygens (including phenoxy) is 1. The van der Waals surface area contributed by atoms with Crippen molar-refractivity contribution >= 4 is 29.2 Å². The molecule has 1 fully saturated rings. The molecule has 1 unspecified atom stereocenters. The van der Waals surface area contributed by atoms with Crippen LogP contribution in [-0.4, -0.2) is 48.6 Å². The second-order valence-corrected chi connectivity index (χ2v) is 9.92.